The van der Waals surface area contributed by atoms with Crippen LogP contribution in [0.4, 0.5) is 11.4 Å². The maximum absolute atomic E-state index is 12.6. The predicted octanol–water partition coefficient (Wildman–Crippen LogP) is 4.66. The third-order valence-corrected chi connectivity index (χ3v) is 7.04. The molecule has 1 atom stereocenters. The van der Waals surface area contributed by atoms with Gasteiger partial charge in [-0.25, -0.2) is 13.1 Å². The first-order chi connectivity index (χ1) is 15.7. The van der Waals surface area contributed by atoms with Gasteiger partial charge < -0.3 is 5.11 Å². The molecule has 1 heterocycles. The Labute approximate surface area is 194 Å². The Morgan fingerprint density at radius 2 is 1.85 bits per heavy atom. The Morgan fingerprint density at radius 1 is 1.18 bits per heavy atom. The van der Waals surface area contributed by atoms with Gasteiger partial charge in [-0.05, 0) is 50.5 Å². The van der Waals surface area contributed by atoms with E-state index in [4.69, 9.17) is 0 Å². The number of benzene rings is 1. The maximum atomic E-state index is 12.6. The van der Waals surface area contributed by atoms with Gasteiger partial charge in [0.15, 0.2) is 5.69 Å². The molecule has 1 aromatic heterocycles. The van der Waals surface area contributed by atoms with Gasteiger partial charge in [0.25, 0.3) is 5.56 Å². The van der Waals surface area contributed by atoms with Crippen LogP contribution in [-0.2, 0) is 16.6 Å². The number of rotatable bonds is 11. The van der Waals surface area contributed by atoms with Crippen LogP contribution in [-0.4, -0.2) is 24.6 Å². The molecule has 0 aliphatic carbocycles. The van der Waals surface area contributed by atoms with Crippen molar-refractivity contribution in [1.29, 1.82) is 5.26 Å². The normalized spacial score (nSPS) is 12.7. The number of azo groups is 1. The molecule has 0 fully saturated rings. The Balaban J connectivity index is 2.23. The molecule has 0 aliphatic rings. The fourth-order valence-electron chi connectivity index (χ4n) is 3.40. The Bertz CT molecular complexity index is 1200. The SMILES string of the molecule is CCCCC(CC)CNS(=O)(=O)c1ccc(N=Nc2c(C)c(C#N)c(O)n(CC)c2=O)cc1. The highest BCUT2D eigenvalue weighted by atomic mass is 32.2. The number of aromatic hydroxyl groups is 1. The van der Waals surface area contributed by atoms with Crippen molar-refractivity contribution in [1.82, 2.24) is 9.29 Å². The first-order valence-electron chi connectivity index (χ1n) is 11.1. The summed E-state index contributed by atoms with van der Waals surface area (Å²) < 4.78 is 29.0. The molecule has 0 amide bonds. The Morgan fingerprint density at radius 3 is 2.39 bits per heavy atom. The van der Waals surface area contributed by atoms with Gasteiger partial charge in [0.1, 0.15) is 11.6 Å². The summed E-state index contributed by atoms with van der Waals surface area (Å²) in [5.41, 5.74) is -0.0844. The molecule has 178 valence electrons. The summed E-state index contributed by atoms with van der Waals surface area (Å²) >= 11 is 0. The van der Waals surface area contributed by atoms with Crippen LogP contribution in [0.15, 0.2) is 44.2 Å². The van der Waals surface area contributed by atoms with Crippen molar-refractivity contribution in [3.63, 3.8) is 0 Å². The van der Waals surface area contributed by atoms with Crippen molar-refractivity contribution < 1.29 is 13.5 Å². The molecule has 2 rings (SSSR count). The molecule has 2 N–H and O–H groups in total. The maximum Gasteiger partial charge on any atom is 0.281 e. The molecule has 1 unspecified atom stereocenters. The Hall–Kier alpha value is -3.03. The number of nitriles is 1. The molecule has 1 aromatic carbocycles. The van der Waals surface area contributed by atoms with E-state index in [1.54, 1.807) is 6.92 Å². The first-order valence-corrected chi connectivity index (χ1v) is 12.6. The lowest BCUT2D eigenvalue weighted by Gasteiger charge is -2.15. The summed E-state index contributed by atoms with van der Waals surface area (Å²) in [6.07, 6.45) is 4.04. The molecule has 9 nitrogen and oxygen atoms in total. The lowest BCUT2D eigenvalue weighted by Crippen LogP contribution is -2.29. The second kappa shape index (κ2) is 11.7. The third-order valence-electron chi connectivity index (χ3n) is 5.60. The van der Waals surface area contributed by atoms with Gasteiger partial charge in [0.05, 0.1) is 10.6 Å². The van der Waals surface area contributed by atoms with E-state index in [0.717, 1.165) is 30.3 Å². The molecule has 10 heteroatoms. The van der Waals surface area contributed by atoms with E-state index in [9.17, 15) is 23.6 Å². The Kier molecular flexibility index (Phi) is 9.32. The summed E-state index contributed by atoms with van der Waals surface area (Å²) in [6, 6.07) is 7.72. The van der Waals surface area contributed by atoms with Crippen LogP contribution in [0.25, 0.3) is 0 Å². The van der Waals surface area contributed by atoms with Crippen molar-refractivity contribution >= 4 is 21.4 Å². The third kappa shape index (κ3) is 6.27. The second-order valence-corrected chi connectivity index (χ2v) is 9.56. The zero-order valence-corrected chi connectivity index (χ0v) is 20.3. The van der Waals surface area contributed by atoms with Gasteiger partial charge in [-0.15, -0.1) is 5.11 Å². The average molecular weight is 474 g/mol. The quantitative estimate of drug-likeness (QED) is 0.457. The first kappa shape index (κ1) is 26.2. The van der Waals surface area contributed by atoms with Crippen molar-refractivity contribution in [2.45, 2.75) is 64.8 Å². The molecule has 0 saturated heterocycles. The number of pyridine rings is 1. The van der Waals surface area contributed by atoms with E-state index in [-0.39, 0.29) is 28.3 Å². The number of sulfonamides is 1. The monoisotopic (exact) mass is 473 g/mol. The highest BCUT2D eigenvalue weighted by Crippen LogP contribution is 2.27. The van der Waals surface area contributed by atoms with Crippen LogP contribution >= 0.6 is 0 Å². The fourth-order valence-corrected chi connectivity index (χ4v) is 4.52. The average Bonchev–Trinajstić information content (AvgIpc) is 2.80. The van der Waals surface area contributed by atoms with Gasteiger partial charge >= 0.3 is 0 Å². The largest absolute Gasteiger partial charge is 0.493 e. The molecular formula is C23H31N5O4S. The zero-order chi connectivity index (χ0) is 24.6. The van der Waals surface area contributed by atoms with E-state index in [0.29, 0.717) is 18.2 Å². The summed E-state index contributed by atoms with van der Waals surface area (Å²) in [7, 11) is -3.65. The van der Waals surface area contributed by atoms with Crippen molar-refractivity contribution in [2.75, 3.05) is 6.54 Å². The van der Waals surface area contributed by atoms with Gasteiger partial charge in [-0.3, -0.25) is 9.36 Å². The molecule has 0 saturated carbocycles. The number of nitrogens with zero attached hydrogens (tertiary/aromatic N) is 4. The van der Waals surface area contributed by atoms with Crippen LogP contribution in [0.1, 0.15) is 57.6 Å². The van der Waals surface area contributed by atoms with Crippen LogP contribution in [0.2, 0.25) is 0 Å². The predicted molar refractivity (Wildman–Crippen MR) is 127 cm³/mol. The number of hydrogen-bond donors (Lipinski definition) is 2. The minimum atomic E-state index is -3.65. The standard InChI is InChI=1S/C23H31N5O4S/c1-5-8-9-17(6-2)15-25-33(31,32)19-12-10-18(11-13-19)26-27-21-16(4)20(14-24)22(29)28(7-3)23(21)30/h10-13,17,25,29H,5-9,15H2,1-4H3. The molecule has 0 spiro atoms. The number of nitrogens with one attached hydrogen (secondary N) is 1. The molecule has 33 heavy (non-hydrogen) atoms. The highest BCUT2D eigenvalue weighted by molar-refractivity contribution is 7.89. The fraction of sp³-hybridized carbons (Fsp3) is 0.478. The van der Waals surface area contributed by atoms with E-state index in [1.807, 2.05) is 6.07 Å². The summed E-state index contributed by atoms with van der Waals surface area (Å²) in [6.45, 7) is 7.90. The van der Waals surface area contributed by atoms with Crippen molar-refractivity contribution in [2.24, 2.45) is 16.1 Å². The molecular weight excluding hydrogens is 442 g/mol. The molecule has 0 bridgehead atoms. The van der Waals surface area contributed by atoms with E-state index < -0.39 is 21.5 Å². The van der Waals surface area contributed by atoms with Crippen LogP contribution in [0.3, 0.4) is 0 Å². The zero-order valence-electron chi connectivity index (χ0n) is 19.5. The summed E-state index contributed by atoms with van der Waals surface area (Å²) in [4.78, 5) is 12.7. The van der Waals surface area contributed by atoms with Gasteiger partial charge in [0.2, 0.25) is 15.9 Å². The lowest BCUT2D eigenvalue weighted by atomic mass is 10.00. The minimum Gasteiger partial charge on any atom is -0.493 e. The van der Waals surface area contributed by atoms with Crippen molar-refractivity contribution in [3.8, 4) is 11.9 Å². The minimum absolute atomic E-state index is 0.0396. The number of aromatic nitrogens is 1. The van der Waals surface area contributed by atoms with E-state index in [2.05, 4.69) is 28.8 Å². The second-order valence-electron chi connectivity index (χ2n) is 7.80. The molecule has 0 aliphatic heterocycles. The summed E-state index contributed by atoms with van der Waals surface area (Å²) in [5, 5.41) is 27.4. The van der Waals surface area contributed by atoms with Crippen LogP contribution in [0, 0.1) is 24.2 Å². The van der Waals surface area contributed by atoms with E-state index in [1.165, 1.54) is 31.2 Å². The van der Waals surface area contributed by atoms with E-state index >= 15 is 0 Å². The molecule has 2 aromatic rings. The van der Waals surface area contributed by atoms with Crippen LogP contribution < -0.4 is 10.3 Å². The van der Waals surface area contributed by atoms with Gasteiger partial charge in [0, 0.05) is 18.7 Å². The topological polar surface area (TPSA) is 137 Å². The molecule has 0 radical (unpaired) electrons. The van der Waals surface area contributed by atoms with Gasteiger partial charge in [-0.1, -0.05) is 33.1 Å². The number of hydrogen-bond acceptors (Lipinski definition) is 7. The summed E-state index contributed by atoms with van der Waals surface area (Å²) in [5.74, 6) is -0.102. The van der Waals surface area contributed by atoms with Gasteiger partial charge in [-0.2, -0.15) is 10.4 Å². The van der Waals surface area contributed by atoms with Crippen LogP contribution in [0.5, 0.6) is 5.88 Å². The highest BCUT2D eigenvalue weighted by Gasteiger charge is 2.19. The van der Waals surface area contributed by atoms with Crippen molar-refractivity contribution in [3.05, 3.63) is 45.7 Å². The smallest absolute Gasteiger partial charge is 0.281 e. The number of unbranched alkanes of at least 4 members (excludes halogenated alkanes) is 1. The lowest BCUT2D eigenvalue weighted by molar-refractivity contribution is 0.409.